The fraction of sp³-hybridized carbons (Fsp3) is 0.600. The standard InChI is InChI=1S/C15H24BrNO2S/c1-4-6-7-13(5-2)11-17-20(18,19)15-10-14(16)9-8-12(15)3/h8-10,13,17H,4-7,11H2,1-3H3. The quantitative estimate of drug-likeness (QED) is 0.751. The summed E-state index contributed by atoms with van der Waals surface area (Å²) in [4.78, 5) is 0.359. The number of hydrogen-bond acceptors (Lipinski definition) is 2. The van der Waals surface area contributed by atoms with Crippen molar-refractivity contribution in [2.45, 2.75) is 51.3 Å². The van der Waals surface area contributed by atoms with E-state index in [1.54, 1.807) is 6.07 Å². The molecule has 0 saturated heterocycles. The molecule has 1 atom stereocenters. The maximum atomic E-state index is 12.4. The summed E-state index contributed by atoms with van der Waals surface area (Å²) in [7, 11) is -3.42. The Morgan fingerprint density at radius 2 is 2.00 bits per heavy atom. The fourth-order valence-corrected chi connectivity index (χ4v) is 4.01. The van der Waals surface area contributed by atoms with Crippen LogP contribution in [0.2, 0.25) is 0 Å². The van der Waals surface area contributed by atoms with E-state index in [1.807, 2.05) is 19.1 Å². The highest BCUT2D eigenvalue weighted by Crippen LogP contribution is 2.21. The molecule has 1 unspecified atom stereocenters. The molecule has 114 valence electrons. The number of aryl methyl sites for hydroxylation is 1. The van der Waals surface area contributed by atoms with Crippen molar-refractivity contribution < 1.29 is 8.42 Å². The molecular formula is C15H24BrNO2S. The first-order valence-electron chi connectivity index (χ1n) is 7.16. The molecule has 0 heterocycles. The summed E-state index contributed by atoms with van der Waals surface area (Å²) < 4.78 is 28.3. The molecule has 1 N–H and O–H groups in total. The molecule has 0 aliphatic heterocycles. The SMILES string of the molecule is CCCCC(CC)CNS(=O)(=O)c1cc(Br)ccc1C. The molecule has 0 aromatic heterocycles. The zero-order valence-electron chi connectivity index (χ0n) is 12.4. The second-order valence-corrected chi connectivity index (χ2v) is 7.83. The predicted molar refractivity (Wildman–Crippen MR) is 87.4 cm³/mol. The largest absolute Gasteiger partial charge is 0.240 e. The van der Waals surface area contributed by atoms with Crippen LogP contribution in [0, 0.1) is 12.8 Å². The van der Waals surface area contributed by atoms with Gasteiger partial charge in [0.2, 0.25) is 10.0 Å². The minimum Gasteiger partial charge on any atom is -0.211 e. The summed E-state index contributed by atoms with van der Waals surface area (Å²) in [5, 5.41) is 0. The van der Waals surface area contributed by atoms with E-state index in [0.717, 1.165) is 35.7 Å². The first-order chi connectivity index (χ1) is 9.40. The number of hydrogen-bond donors (Lipinski definition) is 1. The highest BCUT2D eigenvalue weighted by molar-refractivity contribution is 9.10. The van der Waals surface area contributed by atoms with Crippen molar-refractivity contribution in [2.75, 3.05) is 6.54 Å². The molecule has 0 spiro atoms. The van der Waals surface area contributed by atoms with Gasteiger partial charge in [0.05, 0.1) is 4.90 Å². The molecule has 3 nitrogen and oxygen atoms in total. The molecule has 0 aliphatic rings. The minimum absolute atomic E-state index is 0.359. The van der Waals surface area contributed by atoms with Crippen LogP contribution in [0.5, 0.6) is 0 Å². The molecule has 0 aliphatic carbocycles. The van der Waals surface area contributed by atoms with E-state index in [9.17, 15) is 8.42 Å². The lowest BCUT2D eigenvalue weighted by molar-refractivity contribution is 0.443. The minimum atomic E-state index is -3.42. The number of rotatable bonds is 8. The van der Waals surface area contributed by atoms with Crippen LogP contribution >= 0.6 is 15.9 Å². The van der Waals surface area contributed by atoms with Crippen molar-refractivity contribution in [3.8, 4) is 0 Å². The first-order valence-corrected chi connectivity index (χ1v) is 9.44. The Balaban J connectivity index is 2.76. The topological polar surface area (TPSA) is 46.2 Å². The molecule has 1 rings (SSSR count). The Hall–Kier alpha value is -0.390. The van der Waals surface area contributed by atoms with Gasteiger partial charge in [-0.15, -0.1) is 0 Å². The molecule has 5 heteroatoms. The predicted octanol–water partition coefficient (Wildman–Crippen LogP) is 4.25. The monoisotopic (exact) mass is 361 g/mol. The van der Waals surface area contributed by atoms with Crippen LogP contribution in [0.25, 0.3) is 0 Å². The van der Waals surface area contributed by atoms with Crippen LogP contribution in [-0.2, 0) is 10.0 Å². The van der Waals surface area contributed by atoms with Gasteiger partial charge in [-0.25, -0.2) is 13.1 Å². The molecule has 0 saturated carbocycles. The van der Waals surface area contributed by atoms with Gasteiger partial charge in [0, 0.05) is 11.0 Å². The number of nitrogens with one attached hydrogen (secondary N) is 1. The summed E-state index contributed by atoms with van der Waals surface area (Å²) >= 11 is 3.32. The van der Waals surface area contributed by atoms with Crippen molar-refractivity contribution in [1.29, 1.82) is 0 Å². The summed E-state index contributed by atoms with van der Waals surface area (Å²) in [5.41, 5.74) is 0.766. The van der Waals surface area contributed by atoms with Gasteiger partial charge >= 0.3 is 0 Å². The van der Waals surface area contributed by atoms with Crippen molar-refractivity contribution in [2.24, 2.45) is 5.92 Å². The smallest absolute Gasteiger partial charge is 0.211 e. The lowest BCUT2D eigenvalue weighted by Crippen LogP contribution is -2.29. The van der Waals surface area contributed by atoms with Crippen LogP contribution in [0.4, 0.5) is 0 Å². The van der Waals surface area contributed by atoms with Gasteiger partial charge in [-0.2, -0.15) is 0 Å². The van der Waals surface area contributed by atoms with Gasteiger partial charge in [0.15, 0.2) is 0 Å². The molecule has 1 aromatic carbocycles. The van der Waals surface area contributed by atoms with Crippen molar-refractivity contribution in [3.63, 3.8) is 0 Å². The second kappa shape index (κ2) is 8.15. The summed E-state index contributed by atoms with van der Waals surface area (Å²) in [6, 6.07) is 5.32. The van der Waals surface area contributed by atoms with Crippen molar-refractivity contribution >= 4 is 26.0 Å². The summed E-state index contributed by atoms with van der Waals surface area (Å²) in [6.45, 7) is 6.60. The van der Waals surface area contributed by atoms with Gasteiger partial charge < -0.3 is 0 Å². The summed E-state index contributed by atoms with van der Waals surface area (Å²) in [6.07, 6.45) is 4.37. The lowest BCUT2D eigenvalue weighted by Gasteiger charge is -2.16. The number of sulfonamides is 1. The van der Waals surface area contributed by atoms with Crippen LogP contribution < -0.4 is 4.72 Å². The number of unbranched alkanes of at least 4 members (excludes halogenated alkanes) is 1. The van der Waals surface area contributed by atoms with Crippen LogP contribution in [0.15, 0.2) is 27.6 Å². The van der Waals surface area contributed by atoms with E-state index < -0.39 is 10.0 Å². The van der Waals surface area contributed by atoms with Crippen LogP contribution in [-0.4, -0.2) is 15.0 Å². The second-order valence-electron chi connectivity index (χ2n) is 5.18. The normalized spacial score (nSPS) is 13.4. The van der Waals surface area contributed by atoms with Crippen molar-refractivity contribution in [3.05, 3.63) is 28.2 Å². The molecule has 1 aromatic rings. The zero-order chi connectivity index (χ0) is 15.2. The number of halogens is 1. The third kappa shape index (κ3) is 5.19. The number of benzene rings is 1. The molecule has 0 fully saturated rings. The Labute approximate surface area is 131 Å². The first kappa shape index (κ1) is 17.7. The maximum Gasteiger partial charge on any atom is 0.240 e. The average molecular weight is 362 g/mol. The van der Waals surface area contributed by atoms with E-state index in [-0.39, 0.29) is 0 Å². The molecule has 0 bridgehead atoms. The maximum absolute atomic E-state index is 12.4. The molecular weight excluding hydrogens is 338 g/mol. The van der Waals surface area contributed by atoms with E-state index in [4.69, 9.17) is 0 Å². The fourth-order valence-electron chi connectivity index (χ4n) is 2.11. The van der Waals surface area contributed by atoms with Gasteiger partial charge in [0.1, 0.15) is 0 Å². The zero-order valence-corrected chi connectivity index (χ0v) is 14.9. The average Bonchev–Trinajstić information content (AvgIpc) is 2.41. The lowest BCUT2D eigenvalue weighted by atomic mass is 10.00. The van der Waals surface area contributed by atoms with Gasteiger partial charge in [0.25, 0.3) is 0 Å². The van der Waals surface area contributed by atoms with Gasteiger partial charge in [-0.3, -0.25) is 0 Å². The third-order valence-corrected chi connectivity index (χ3v) is 5.60. The van der Waals surface area contributed by atoms with E-state index in [2.05, 4.69) is 34.5 Å². The highest BCUT2D eigenvalue weighted by atomic mass is 79.9. The van der Waals surface area contributed by atoms with Crippen molar-refractivity contribution in [1.82, 2.24) is 4.72 Å². The Morgan fingerprint density at radius 3 is 2.60 bits per heavy atom. The Morgan fingerprint density at radius 1 is 1.30 bits per heavy atom. The molecule has 0 radical (unpaired) electrons. The van der Waals surface area contributed by atoms with Gasteiger partial charge in [-0.05, 0) is 37.0 Å². The Kier molecular flexibility index (Phi) is 7.20. The van der Waals surface area contributed by atoms with E-state index >= 15 is 0 Å². The van der Waals surface area contributed by atoms with Crippen LogP contribution in [0.3, 0.4) is 0 Å². The van der Waals surface area contributed by atoms with Gasteiger partial charge in [-0.1, -0.05) is 55.1 Å². The Bertz CT molecular complexity index is 529. The highest BCUT2D eigenvalue weighted by Gasteiger charge is 2.18. The molecule has 20 heavy (non-hydrogen) atoms. The van der Waals surface area contributed by atoms with Crippen LogP contribution in [0.1, 0.15) is 45.1 Å². The summed E-state index contributed by atoms with van der Waals surface area (Å²) in [5.74, 6) is 0.414. The third-order valence-electron chi connectivity index (χ3n) is 3.55. The van der Waals surface area contributed by atoms with E-state index in [0.29, 0.717) is 17.4 Å². The van der Waals surface area contributed by atoms with E-state index in [1.165, 1.54) is 0 Å². The molecule has 0 amide bonds.